The molecule has 0 spiro atoms. The van der Waals surface area contributed by atoms with Gasteiger partial charge in [0.15, 0.2) is 11.5 Å². The summed E-state index contributed by atoms with van der Waals surface area (Å²) in [5.74, 6) is 0.845. The average Bonchev–Trinajstić information content (AvgIpc) is 3.32. The number of rotatable bonds is 6. The van der Waals surface area contributed by atoms with Crippen LogP contribution in [-0.2, 0) is 12.7 Å². The first-order valence-electron chi connectivity index (χ1n) is 9.49. The summed E-state index contributed by atoms with van der Waals surface area (Å²) in [7, 11) is 1.57. The van der Waals surface area contributed by atoms with Gasteiger partial charge in [-0.05, 0) is 29.8 Å². The highest BCUT2D eigenvalue weighted by molar-refractivity contribution is 5.59. The second kappa shape index (κ2) is 8.96. The van der Waals surface area contributed by atoms with Gasteiger partial charge >= 0.3 is 12.2 Å². The van der Waals surface area contributed by atoms with E-state index in [2.05, 4.69) is 19.9 Å². The lowest BCUT2D eigenvalue weighted by Crippen LogP contribution is -2.17. The number of hydrogen-bond donors (Lipinski definition) is 0. The third-order valence-corrected chi connectivity index (χ3v) is 4.59. The number of ether oxygens (including phenoxy) is 1. The fraction of sp³-hybridized carbons (Fsp3) is 0.136. The number of anilines is 2. The zero-order valence-corrected chi connectivity index (χ0v) is 17.1. The minimum Gasteiger partial charge on any atom is -0.497 e. The van der Waals surface area contributed by atoms with Crippen molar-refractivity contribution in [2.24, 2.45) is 0 Å². The molecular formula is C22H15F3N6O2. The summed E-state index contributed by atoms with van der Waals surface area (Å²) in [5.41, 5.74) is 0.738. The SMILES string of the molecule is COc1ccc(CN(c2ccc(C#N)nc2)c2ncc(-c3cnc(C(F)(F)F)cn3)o2)cc1. The van der Waals surface area contributed by atoms with Gasteiger partial charge in [0, 0.05) is 0 Å². The Morgan fingerprint density at radius 1 is 0.970 bits per heavy atom. The lowest BCUT2D eigenvalue weighted by Gasteiger charge is -2.20. The van der Waals surface area contributed by atoms with E-state index in [0.717, 1.165) is 11.8 Å². The topological polar surface area (TPSA) is 101 Å². The van der Waals surface area contributed by atoms with Crippen LogP contribution in [0, 0.1) is 11.3 Å². The van der Waals surface area contributed by atoms with Gasteiger partial charge in [0.05, 0.1) is 44.1 Å². The van der Waals surface area contributed by atoms with Crippen molar-refractivity contribution in [3.05, 3.63) is 78.1 Å². The van der Waals surface area contributed by atoms with Gasteiger partial charge in [-0.25, -0.2) is 19.9 Å². The summed E-state index contributed by atoms with van der Waals surface area (Å²) in [4.78, 5) is 17.2. The number of halogens is 3. The van der Waals surface area contributed by atoms with Gasteiger partial charge in [0.2, 0.25) is 0 Å². The molecule has 0 aliphatic rings. The largest absolute Gasteiger partial charge is 0.497 e. The van der Waals surface area contributed by atoms with E-state index < -0.39 is 11.9 Å². The zero-order valence-electron chi connectivity index (χ0n) is 17.1. The number of benzene rings is 1. The van der Waals surface area contributed by atoms with E-state index >= 15 is 0 Å². The smallest absolute Gasteiger partial charge is 0.434 e. The molecule has 11 heteroatoms. The molecule has 166 valence electrons. The van der Waals surface area contributed by atoms with Crippen molar-refractivity contribution in [1.82, 2.24) is 19.9 Å². The molecule has 1 aromatic carbocycles. The monoisotopic (exact) mass is 452 g/mol. The van der Waals surface area contributed by atoms with E-state index in [4.69, 9.17) is 14.4 Å². The zero-order chi connectivity index (χ0) is 23.4. The van der Waals surface area contributed by atoms with Gasteiger partial charge in [0.1, 0.15) is 23.2 Å². The maximum Gasteiger partial charge on any atom is 0.434 e. The highest BCUT2D eigenvalue weighted by Crippen LogP contribution is 2.31. The number of nitrogens with zero attached hydrogens (tertiary/aromatic N) is 6. The molecule has 0 aliphatic heterocycles. The van der Waals surface area contributed by atoms with E-state index in [1.807, 2.05) is 30.3 Å². The molecule has 4 aromatic rings. The molecule has 0 atom stereocenters. The van der Waals surface area contributed by atoms with Crippen LogP contribution in [0.25, 0.3) is 11.5 Å². The first-order valence-corrected chi connectivity index (χ1v) is 9.49. The lowest BCUT2D eigenvalue weighted by atomic mass is 10.2. The quantitative estimate of drug-likeness (QED) is 0.413. The van der Waals surface area contributed by atoms with E-state index in [1.54, 1.807) is 24.1 Å². The molecule has 0 saturated carbocycles. The predicted octanol–water partition coefficient (Wildman–Crippen LogP) is 4.76. The van der Waals surface area contributed by atoms with Gasteiger partial charge in [-0.1, -0.05) is 12.1 Å². The normalized spacial score (nSPS) is 11.1. The van der Waals surface area contributed by atoms with Crippen LogP contribution in [0.15, 0.2) is 65.6 Å². The Bertz CT molecular complexity index is 1260. The third kappa shape index (κ3) is 4.90. The summed E-state index contributed by atoms with van der Waals surface area (Å²) < 4.78 is 49.2. The van der Waals surface area contributed by atoms with Crippen LogP contribution < -0.4 is 9.64 Å². The highest BCUT2D eigenvalue weighted by Gasteiger charge is 2.33. The summed E-state index contributed by atoms with van der Waals surface area (Å²) in [5, 5.41) is 9.02. The molecule has 0 radical (unpaired) electrons. The number of oxazole rings is 1. The Hall–Kier alpha value is -4.46. The summed E-state index contributed by atoms with van der Waals surface area (Å²) in [6, 6.07) is 12.7. The van der Waals surface area contributed by atoms with Crippen molar-refractivity contribution in [2.45, 2.75) is 12.7 Å². The highest BCUT2D eigenvalue weighted by atomic mass is 19.4. The fourth-order valence-corrected chi connectivity index (χ4v) is 2.90. The minimum atomic E-state index is -4.59. The Labute approximate surface area is 185 Å². The van der Waals surface area contributed by atoms with Crippen LogP contribution >= 0.6 is 0 Å². The Morgan fingerprint density at radius 2 is 1.76 bits per heavy atom. The van der Waals surface area contributed by atoms with Crippen molar-refractivity contribution < 1.29 is 22.3 Å². The van der Waals surface area contributed by atoms with E-state index in [9.17, 15) is 13.2 Å². The number of methoxy groups -OCH3 is 1. The molecule has 3 heterocycles. The average molecular weight is 452 g/mol. The van der Waals surface area contributed by atoms with Crippen LogP contribution in [-0.4, -0.2) is 27.0 Å². The van der Waals surface area contributed by atoms with Crippen molar-refractivity contribution in [1.29, 1.82) is 5.26 Å². The van der Waals surface area contributed by atoms with E-state index in [0.29, 0.717) is 24.2 Å². The predicted molar refractivity (Wildman–Crippen MR) is 110 cm³/mol. The molecule has 0 unspecified atom stereocenters. The molecular weight excluding hydrogens is 437 g/mol. The molecule has 0 fully saturated rings. The molecule has 0 aliphatic carbocycles. The van der Waals surface area contributed by atoms with Gasteiger partial charge in [-0.2, -0.15) is 18.4 Å². The molecule has 0 amide bonds. The number of aromatic nitrogens is 4. The number of hydrogen-bond acceptors (Lipinski definition) is 8. The van der Waals surface area contributed by atoms with Gasteiger partial charge in [0.25, 0.3) is 0 Å². The molecule has 0 N–H and O–H groups in total. The summed E-state index contributed by atoms with van der Waals surface area (Å²) in [6.07, 6.45) is -0.119. The fourth-order valence-electron chi connectivity index (χ4n) is 2.90. The molecule has 4 rings (SSSR count). The summed E-state index contributed by atoms with van der Waals surface area (Å²) >= 11 is 0. The van der Waals surface area contributed by atoms with Crippen LogP contribution in [0.5, 0.6) is 5.75 Å². The minimum absolute atomic E-state index is 0.101. The van der Waals surface area contributed by atoms with Crippen molar-refractivity contribution in [2.75, 3.05) is 12.0 Å². The molecule has 33 heavy (non-hydrogen) atoms. The van der Waals surface area contributed by atoms with Crippen LogP contribution in [0.2, 0.25) is 0 Å². The maximum absolute atomic E-state index is 12.7. The standard InChI is InChI=1S/C22H15F3N6O2/c1-32-17-6-2-14(3-7-17)13-31(16-5-4-15(8-26)27-9-16)21-30-11-19(33-21)18-10-29-20(12-28-18)22(23,24)25/h2-7,9-12H,13H2,1H3. The second-order valence-corrected chi connectivity index (χ2v) is 6.74. The Balaban J connectivity index is 1.66. The van der Waals surface area contributed by atoms with Gasteiger partial charge in [-0.3, -0.25) is 4.90 Å². The molecule has 0 bridgehead atoms. The molecule has 3 aromatic heterocycles. The van der Waals surface area contributed by atoms with E-state index in [1.165, 1.54) is 12.4 Å². The second-order valence-electron chi connectivity index (χ2n) is 6.74. The van der Waals surface area contributed by atoms with Crippen molar-refractivity contribution >= 4 is 11.7 Å². The van der Waals surface area contributed by atoms with Gasteiger partial charge in [-0.15, -0.1) is 0 Å². The van der Waals surface area contributed by atoms with E-state index in [-0.39, 0.29) is 23.2 Å². The number of nitriles is 1. The number of pyridine rings is 1. The first kappa shape index (κ1) is 21.8. The molecule has 0 saturated heterocycles. The van der Waals surface area contributed by atoms with Crippen LogP contribution in [0.1, 0.15) is 17.0 Å². The van der Waals surface area contributed by atoms with Crippen LogP contribution in [0.3, 0.4) is 0 Å². The Morgan fingerprint density at radius 3 is 2.33 bits per heavy atom. The van der Waals surface area contributed by atoms with Crippen molar-refractivity contribution in [3.8, 4) is 23.3 Å². The lowest BCUT2D eigenvalue weighted by molar-refractivity contribution is -0.141. The maximum atomic E-state index is 12.7. The third-order valence-electron chi connectivity index (χ3n) is 4.59. The Kier molecular flexibility index (Phi) is 5.91. The van der Waals surface area contributed by atoms with Gasteiger partial charge < -0.3 is 9.15 Å². The van der Waals surface area contributed by atoms with Crippen molar-refractivity contribution in [3.63, 3.8) is 0 Å². The first-order chi connectivity index (χ1) is 15.9. The molecule has 8 nitrogen and oxygen atoms in total. The van der Waals surface area contributed by atoms with Crippen LogP contribution in [0.4, 0.5) is 24.9 Å². The summed E-state index contributed by atoms with van der Waals surface area (Å²) in [6.45, 7) is 0.330. The number of alkyl halides is 3.